The van der Waals surface area contributed by atoms with Crippen LogP contribution in [0, 0.1) is 5.92 Å². The molecule has 0 aromatic carbocycles. The van der Waals surface area contributed by atoms with Crippen LogP contribution in [-0.4, -0.2) is 18.0 Å². The lowest BCUT2D eigenvalue weighted by atomic mass is 9.86. The van der Waals surface area contributed by atoms with Crippen LogP contribution in [0.2, 0.25) is 0 Å². The third kappa shape index (κ3) is 4.74. The van der Waals surface area contributed by atoms with Crippen LogP contribution in [0.1, 0.15) is 49.9 Å². The summed E-state index contributed by atoms with van der Waals surface area (Å²) in [5, 5.41) is 7.68. The van der Waals surface area contributed by atoms with E-state index in [-0.39, 0.29) is 24.4 Å². The lowest BCUT2D eigenvalue weighted by Crippen LogP contribution is -2.43. The van der Waals surface area contributed by atoms with Crippen molar-refractivity contribution in [3.63, 3.8) is 0 Å². The van der Waals surface area contributed by atoms with Crippen LogP contribution < -0.4 is 16.4 Å². The Morgan fingerprint density at radius 2 is 2.19 bits per heavy atom. The molecule has 1 saturated carbocycles. The van der Waals surface area contributed by atoms with Crippen LogP contribution in [0.15, 0.2) is 17.5 Å². The molecule has 1 aliphatic carbocycles. The Morgan fingerprint density at radius 1 is 1.43 bits per heavy atom. The number of hydrogen-bond donors (Lipinski definition) is 3. The second-order valence-electron chi connectivity index (χ2n) is 5.72. The minimum atomic E-state index is -0.604. The first-order valence-electron chi connectivity index (χ1n) is 7.45. The topological polar surface area (TPSA) is 84.2 Å². The molecule has 0 aliphatic heterocycles. The zero-order chi connectivity index (χ0) is 15.2. The third-order valence-corrected chi connectivity index (χ3v) is 5.04. The molecule has 0 saturated heterocycles. The van der Waals surface area contributed by atoms with Gasteiger partial charge in [-0.05, 0) is 30.2 Å². The van der Waals surface area contributed by atoms with Crippen LogP contribution in [0.3, 0.4) is 0 Å². The number of thiophene rings is 1. The molecule has 1 fully saturated rings. The van der Waals surface area contributed by atoms with Crippen molar-refractivity contribution in [1.29, 1.82) is 0 Å². The van der Waals surface area contributed by atoms with Crippen molar-refractivity contribution in [2.75, 3.05) is 0 Å². The Hall–Kier alpha value is -1.56. The largest absolute Gasteiger partial charge is 0.353 e. The van der Waals surface area contributed by atoms with E-state index < -0.39 is 6.03 Å². The molecule has 4 N–H and O–H groups in total. The van der Waals surface area contributed by atoms with E-state index >= 15 is 0 Å². The van der Waals surface area contributed by atoms with Crippen LogP contribution in [-0.2, 0) is 4.79 Å². The summed E-state index contributed by atoms with van der Waals surface area (Å²) < 4.78 is 0. The van der Waals surface area contributed by atoms with E-state index in [1.807, 2.05) is 17.5 Å². The van der Waals surface area contributed by atoms with Gasteiger partial charge in [-0.25, -0.2) is 4.79 Å². The fourth-order valence-electron chi connectivity index (χ4n) is 2.87. The zero-order valence-electron chi connectivity index (χ0n) is 12.3. The minimum absolute atomic E-state index is 0.0269. The monoisotopic (exact) mass is 309 g/mol. The lowest BCUT2D eigenvalue weighted by molar-refractivity contribution is -0.122. The average Bonchev–Trinajstić information content (AvgIpc) is 2.94. The summed E-state index contributed by atoms with van der Waals surface area (Å²) in [5.74, 6) is 0.493. The van der Waals surface area contributed by atoms with E-state index in [0.717, 1.165) is 11.3 Å². The van der Waals surface area contributed by atoms with Gasteiger partial charge in [-0.3, -0.25) is 4.79 Å². The second kappa shape index (κ2) is 7.45. The number of carbonyl (C=O) groups excluding carboxylic acids is 2. The van der Waals surface area contributed by atoms with Gasteiger partial charge in [0.15, 0.2) is 0 Å². The third-order valence-electron chi connectivity index (χ3n) is 4.05. The quantitative estimate of drug-likeness (QED) is 0.781. The highest BCUT2D eigenvalue weighted by atomic mass is 32.1. The molecule has 2 rings (SSSR count). The smallest absolute Gasteiger partial charge is 0.312 e. The second-order valence-corrected chi connectivity index (χ2v) is 6.70. The van der Waals surface area contributed by atoms with Crippen molar-refractivity contribution in [3.8, 4) is 0 Å². The molecule has 0 unspecified atom stereocenters. The predicted octanol–water partition coefficient (Wildman–Crippen LogP) is 2.54. The Morgan fingerprint density at radius 3 is 2.81 bits per heavy atom. The highest BCUT2D eigenvalue weighted by Crippen LogP contribution is 2.25. The number of hydrogen-bond acceptors (Lipinski definition) is 3. The number of carbonyl (C=O) groups is 2. The van der Waals surface area contributed by atoms with E-state index in [2.05, 4.69) is 17.6 Å². The highest BCUT2D eigenvalue weighted by molar-refractivity contribution is 7.10. The Balaban J connectivity index is 1.93. The van der Waals surface area contributed by atoms with Gasteiger partial charge < -0.3 is 16.4 Å². The molecule has 0 bridgehead atoms. The van der Waals surface area contributed by atoms with Crippen LogP contribution in [0.25, 0.3) is 0 Å². The van der Waals surface area contributed by atoms with E-state index in [1.54, 1.807) is 0 Å². The number of nitrogens with one attached hydrogen (secondary N) is 2. The van der Waals surface area contributed by atoms with Gasteiger partial charge in [0.2, 0.25) is 5.91 Å². The first kappa shape index (κ1) is 15.8. The molecule has 21 heavy (non-hydrogen) atoms. The molecule has 1 aromatic rings. The van der Waals surface area contributed by atoms with Gasteiger partial charge in [-0.2, -0.15) is 0 Å². The fourth-order valence-corrected chi connectivity index (χ4v) is 3.64. The number of amides is 3. The summed E-state index contributed by atoms with van der Waals surface area (Å²) in [4.78, 5) is 24.3. The van der Waals surface area contributed by atoms with Crippen molar-refractivity contribution in [1.82, 2.24) is 10.6 Å². The lowest BCUT2D eigenvalue weighted by Gasteiger charge is -2.30. The highest BCUT2D eigenvalue weighted by Gasteiger charge is 2.25. The van der Waals surface area contributed by atoms with Gasteiger partial charge in [0.05, 0.1) is 12.5 Å². The van der Waals surface area contributed by atoms with Gasteiger partial charge in [-0.1, -0.05) is 25.8 Å². The summed E-state index contributed by atoms with van der Waals surface area (Å²) in [6.07, 6.45) is 4.85. The summed E-state index contributed by atoms with van der Waals surface area (Å²) in [5.41, 5.74) is 5.20. The molecule has 1 heterocycles. The standard InChI is InChI=1S/C15H23N3O2S/c1-10-5-2-3-6-11(10)17-14(19)9-12(18-15(16)20)13-7-4-8-21-13/h4,7-8,10-12H,2-3,5-6,9H2,1H3,(H,17,19)(H3,16,18,20)/t10-,11-,12+/m1/s1. The van der Waals surface area contributed by atoms with E-state index in [4.69, 9.17) is 5.73 Å². The fraction of sp³-hybridized carbons (Fsp3) is 0.600. The molecule has 6 heteroatoms. The number of primary amides is 1. The SMILES string of the molecule is C[C@@H]1CCCC[C@H]1NC(=O)C[C@H](NC(N)=O)c1cccs1. The Kier molecular flexibility index (Phi) is 5.61. The molecule has 0 spiro atoms. The minimum Gasteiger partial charge on any atom is -0.353 e. The molecular formula is C15H23N3O2S. The van der Waals surface area contributed by atoms with Gasteiger partial charge in [-0.15, -0.1) is 11.3 Å². The Bertz CT molecular complexity index is 475. The average molecular weight is 309 g/mol. The predicted molar refractivity (Wildman–Crippen MR) is 84.0 cm³/mol. The van der Waals surface area contributed by atoms with Gasteiger partial charge >= 0.3 is 6.03 Å². The first-order chi connectivity index (χ1) is 10.1. The van der Waals surface area contributed by atoms with Crippen molar-refractivity contribution >= 4 is 23.3 Å². The van der Waals surface area contributed by atoms with Crippen LogP contribution in [0.4, 0.5) is 4.79 Å². The van der Waals surface area contributed by atoms with Crippen LogP contribution in [0.5, 0.6) is 0 Å². The zero-order valence-corrected chi connectivity index (χ0v) is 13.1. The molecule has 3 atom stereocenters. The summed E-state index contributed by atoms with van der Waals surface area (Å²) in [6, 6.07) is 3.11. The molecular weight excluding hydrogens is 286 g/mol. The van der Waals surface area contributed by atoms with Crippen LogP contribution >= 0.6 is 11.3 Å². The van der Waals surface area contributed by atoms with E-state index in [0.29, 0.717) is 5.92 Å². The molecule has 5 nitrogen and oxygen atoms in total. The van der Waals surface area contributed by atoms with Crippen molar-refractivity contribution in [3.05, 3.63) is 22.4 Å². The maximum absolute atomic E-state index is 12.2. The maximum Gasteiger partial charge on any atom is 0.312 e. The summed E-state index contributed by atoms with van der Waals surface area (Å²) >= 11 is 1.51. The number of nitrogens with two attached hydrogens (primary N) is 1. The first-order valence-corrected chi connectivity index (χ1v) is 8.33. The normalized spacial score (nSPS) is 23.3. The summed E-state index contributed by atoms with van der Waals surface area (Å²) in [7, 11) is 0. The van der Waals surface area contributed by atoms with Gasteiger partial charge in [0.1, 0.15) is 0 Å². The van der Waals surface area contributed by atoms with E-state index in [1.165, 1.54) is 30.6 Å². The maximum atomic E-state index is 12.2. The molecule has 116 valence electrons. The molecule has 3 amide bonds. The van der Waals surface area contributed by atoms with Gasteiger partial charge in [0, 0.05) is 10.9 Å². The van der Waals surface area contributed by atoms with Crippen molar-refractivity contribution < 1.29 is 9.59 Å². The van der Waals surface area contributed by atoms with Gasteiger partial charge in [0.25, 0.3) is 0 Å². The van der Waals surface area contributed by atoms with Crippen molar-refractivity contribution in [2.24, 2.45) is 11.7 Å². The number of urea groups is 1. The molecule has 0 radical (unpaired) electrons. The molecule has 1 aromatic heterocycles. The molecule has 1 aliphatic rings. The van der Waals surface area contributed by atoms with E-state index in [9.17, 15) is 9.59 Å². The van der Waals surface area contributed by atoms with Crippen molar-refractivity contribution in [2.45, 2.75) is 51.1 Å². The number of rotatable bonds is 5. The Labute approximate surface area is 129 Å². The summed E-state index contributed by atoms with van der Waals surface area (Å²) in [6.45, 7) is 2.18.